The zero-order chi connectivity index (χ0) is 12.6. The molecule has 0 saturated heterocycles. The van der Waals surface area contributed by atoms with Gasteiger partial charge in [-0.1, -0.05) is 0 Å². The minimum atomic E-state index is -1.48. The van der Waals surface area contributed by atoms with Crippen molar-refractivity contribution in [2.45, 2.75) is 5.38 Å². The molecule has 0 bridgehead atoms. The molecular weight excluding hydrogens is 337 g/mol. The van der Waals surface area contributed by atoms with Crippen LogP contribution in [-0.2, 0) is 0 Å². The highest BCUT2D eigenvalue weighted by Gasteiger charge is 2.18. The average molecular weight is 342 g/mol. The van der Waals surface area contributed by atoms with Crippen LogP contribution in [0.5, 0.6) is 0 Å². The summed E-state index contributed by atoms with van der Waals surface area (Å²) in [5, 5.41) is -0.698. The third kappa shape index (κ3) is 2.67. The van der Waals surface area contributed by atoms with E-state index in [9.17, 15) is 13.2 Å². The zero-order valence-corrected chi connectivity index (χ0v) is 11.3. The fourth-order valence-corrected chi connectivity index (χ4v) is 3.11. The SMILES string of the molecule is Fc1cc(C(Cl)c2ccc(Br)s2)cc(F)c1F. The van der Waals surface area contributed by atoms with Gasteiger partial charge < -0.3 is 0 Å². The normalized spacial score (nSPS) is 12.8. The first-order valence-corrected chi connectivity index (χ1v) is 6.57. The van der Waals surface area contributed by atoms with Gasteiger partial charge >= 0.3 is 0 Å². The van der Waals surface area contributed by atoms with Gasteiger partial charge in [0.1, 0.15) is 0 Å². The molecule has 1 unspecified atom stereocenters. The van der Waals surface area contributed by atoms with Crippen LogP contribution in [0.2, 0.25) is 0 Å². The molecule has 0 spiro atoms. The summed E-state index contributed by atoms with van der Waals surface area (Å²) in [5.41, 5.74) is 0.192. The van der Waals surface area contributed by atoms with Crippen molar-refractivity contribution in [3.05, 3.63) is 55.9 Å². The predicted molar refractivity (Wildman–Crippen MR) is 66.0 cm³/mol. The summed E-state index contributed by atoms with van der Waals surface area (Å²) in [6, 6.07) is 5.34. The van der Waals surface area contributed by atoms with Crippen molar-refractivity contribution in [1.82, 2.24) is 0 Å². The third-order valence-corrected chi connectivity index (χ3v) is 4.45. The van der Waals surface area contributed by atoms with E-state index in [1.165, 1.54) is 11.3 Å². The first kappa shape index (κ1) is 12.9. The van der Waals surface area contributed by atoms with Gasteiger partial charge in [-0.25, -0.2) is 13.2 Å². The standard InChI is InChI=1S/C11H5BrClF3S/c12-9-2-1-8(17-9)10(13)5-3-6(14)11(16)7(15)4-5/h1-4,10H. The smallest absolute Gasteiger partial charge is 0.194 e. The van der Waals surface area contributed by atoms with E-state index < -0.39 is 22.8 Å². The molecule has 0 aliphatic carbocycles. The van der Waals surface area contributed by atoms with E-state index in [2.05, 4.69) is 15.9 Å². The lowest BCUT2D eigenvalue weighted by Gasteiger charge is -2.08. The van der Waals surface area contributed by atoms with Gasteiger partial charge in [0.15, 0.2) is 17.5 Å². The summed E-state index contributed by atoms with van der Waals surface area (Å²) < 4.78 is 39.7. The Morgan fingerprint density at radius 2 is 1.71 bits per heavy atom. The van der Waals surface area contributed by atoms with Crippen LogP contribution in [0.3, 0.4) is 0 Å². The Morgan fingerprint density at radius 1 is 1.12 bits per heavy atom. The monoisotopic (exact) mass is 340 g/mol. The summed E-state index contributed by atoms with van der Waals surface area (Å²) in [6.07, 6.45) is 0. The molecule has 90 valence electrons. The molecule has 2 aromatic rings. The first-order chi connectivity index (χ1) is 7.99. The molecule has 1 atom stereocenters. The van der Waals surface area contributed by atoms with Crippen LogP contribution in [0.15, 0.2) is 28.1 Å². The number of thiophene rings is 1. The van der Waals surface area contributed by atoms with Crippen LogP contribution in [0, 0.1) is 17.5 Å². The maximum atomic E-state index is 13.0. The second kappa shape index (κ2) is 5.00. The minimum absolute atomic E-state index is 0.192. The van der Waals surface area contributed by atoms with E-state index in [-0.39, 0.29) is 5.56 Å². The maximum Gasteiger partial charge on any atom is 0.194 e. The molecule has 17 heavy (non-hydrogen) atoms. The highest BCUT2D eigenvalue weighted by molar-refractivity contribution is 9.11. The van der Waals surface area contributed by atoms with E-state index in [1.807, 2.05) is 0 Å². The molecule has 0 amide bonds. The molecule has 0 radical (unpaired) electrons. The van der Waals surface area contributed by atoms with Gasteiger partial charge in [-0.15, -0.1) is 22.9 Å². The number of rotatable bonds is 2. The van der Waals surface area contributed by atoms with E-state index in [4.69, 9.17) is 11.6 Å². The van der Waals surface area contributed by atoms with Gasteiger partial charge in [-0.05, 0) is 45.8 Å². The van der Waals surface area contributed by atoms with E-state index in [0.717, 1.165) is 20.8 Å². The Balaban J connectivity index is 2.41. The van der Waals surface area contributed by atoms with Crippen molar-refractivity contribution in [3.8, 4) is 0 Å². The highest BCUT2D eigenvalue weighted by Crippen LogP contribution is 2.36. The second-order valence-corrected chi connectivity index (χ2v) is 6.23. The summed E-state index contributed by atoms with van der Waals surface area (Å²) in [5.74, 6) is -3.95. The molecule has 6 heteroatoms. The van der Waals surface area contributed by atoms with Gasteiger partial charge in [-0.3, -0.25) is 0 Å². The molecule has 1 aromatic carbocycles. The largest absolute Gasteiger partial charge is 0.204 e. The van der Waals surface area contributed by atoms with Gasteiger partial charge in [0, 0.05) is 4.88 Å². The second-order valence-electron chi connectivity index (χ2n) is 3.30. The van der Waals surface area contributed by atoms with Crippen LogP contribution in [0.4, 0.5) is 13.2 Å². The average Bonchev–Trinajstić information content (AvgIpc) is 2.71. The molecule has 0 nitrogen and oxygen atoms in total. The minimum Gasteiger partial charge on any atom is -0.204 e. The number of hydrogen-bond acceptors (Lipinski definition) is 1. The molecule has 1 heterocycles. The summed E-state index contributed by atoms with van der Waals surface area (Å²) in [6.45, 7) is 0. The van der Waals surface area contributed by atoms with Crippen LogP contribution < -0.4 is 0 Å². The van der Waals surface area contributed by atoms with E-state index in [0.29, 0.717) is 0 Å². The number of halogens is 5. The van der Waals surface area contributed by atoms with Crippen LogP contribution in [0.25, 0.3) is 0 Å². The Morgan fingerprint density at radius 3 is 2.18 bits per heavy atom. The Kier molecular flexibility index (Phi) is 3.80. The number of alkyl halides is 1. The van der Waals surface area contributed by atoms with Crippen LogP contribution >= 0.6 is 38.9 Å². The van der Waals surface area contributed by atoms with Crippen molar-refractivity contribution >= 4 is 38.9 Å². The van der Waals surface area contributed by atoms with Crippen molar-refractivity contribution in [3.63, 3.8) is 0 Å². The van der Waals surface area contributed by atoms with Gasteiger partial charge in [0.25, 0.3) is 0 Å². The lowest BCUT2D eigenvalue weighted by atomic mass is 10.1. The summed E-state index contributed by atoms with van der Waals surface area (Å²) in [7, 11) is 0. The van der Waals surface area contributed by atoms with Crippen molar-refractivity contribution in [2.75, 3.05) is 0 Å². The van der Waals surface area contributed by atoms with Crippen molar-refractivity contribution in [1.29, 1.82) is 0 Å². The summed E-state index contributed by atoms with van der Waals surface area (Å²) in [4.78, 5) is 0.726. The highest BCUT2D eigenvalue weighted by atomic mass is 79.9. The molecule has 0 fully saturated rings. The first-order valence-electron chi connectivity index (χ1n) is 4.53. The molecule has 0 aliphatic heterocycles. The Bertz CT molecular complexity index is 532. The van der Waals surface area contributed by atoms with Crippen LogP contribution in [0.1, 0.15) is 15.8 Å². The Hall–Kier alpha value is -0.520. The molecule has 0 aliphatic rings. The number of hydrogen-bond donors (Lipinski definition) is 0. The quantitative estimate of drug-likeness (QED) is 0.516. The topological polar surface area (TPSA) is 0 Å². The molecular formula is C11H5BrClF3S. The van der Waals surface area contributed by atoms with Crippen LogP contribution in [-0.4, -0.2) is 0 Å². The molecule has 1 aromatic heterocycles. The van der Waals surface area contributed by atoms with Gasteiger partial charge in [0.05, 0.1) is 9.16 Å². The fraction of sp³-hybridized carbons (Fsp3) is 0.0909. The molecule has 0 saturated carbocycles. The van der Waals surface area contributed by atoms with Gasteiger partial charge in [0.2, 0.25) is 0 Å². The zero-order valence-electron chi connectivity index (χ0n) is 8.18. The predicted octanol–water partition coefficient (Wildman–Crippen LogP) is 5.26. The van der Waals surface area contributed by atoms with Crippen molar-refractivity contribution < 1.29 is 13.2 Å². The molecule has 2 rings (SSSR count). The van der Waals surface area contributed by atoms with Gasteiger partial charge in [-0.2, -0.15) is 0 Å². The van der Waals surface area contributed by atoms with E-state index in [1.54, 1.807) is 12.1 Å². The van der Waals surface area contributed by atoms with E-state index >= 15 is 0 Å². The Labute approximate surface area is 113 Å². The molecule has 0 N–H and O–H groups in total. The van der Waals surface area contributed by atoms with Crippen molar-refractivity contribution in [2.24, 2.45) is 0 Å². The lowest BCUT2D eigenvalue weighted by Crippen LogP contribution is -1.97. The number of benzene rings is 1. The maximum absolute atomic E-state index is 13.0. The fourth-order valence-electron chi connectivity index (χ4n) is 1.35. The lowest BCUT2D eigenvalue weighted by molar-refractivity contribution is 0.445. The summed E-state index contributed by atoms with van der Waals surface area (Å²) >= 11 is 10.7. The third-order valence-electron chi connectivity index (χ3n) is 2.14.